The number of ether oxygens (including phenoxy) is 4. The number of aliphatic hydroxyl groups excluding tert-OH is 1. The first-order chi connectivity index (χ1) is 13.5. The summed E-state index contributed by atoms with van der Waals surface area (Å²) in [5.41, 5.74) is 1.93. The zero-order valence-corrected chi connectivity index (χ0v) is 16.9. The molecule has 0 aliphatic heterocycles. The van der Waals surface area contributed by atoms with Crippen molar-refractivity contribution in [1.29, 1.82) is 0 Å². The van der Waals surface area contributed by atoms with Crippen molar-refractivity contribution < 1.29 is 28.8 Å². The zero-order valence-electron chi connectivity index (χ0n) is 16.9. The van der Waals surface area contributed by atoms with Gasteiger partial charge in [-0.05, 0) is 54.7 Å². The Kier molecular flexibility index (Phi) is 8.14. The monoisotopic (exact) mass is 388 g/mol. The summed E-state index contributed by atoms with van der Waals surface area (Å²) >= 11 is 0. The Morgan fingerprint density at radius 2 is 1.25 bits per heavy atom. The summed E-state index contributed by atoms with van der Waals surface area (Å²) in [6.07, 6.45) is 0.743. The molecule has 6 heteroatoms. The highest BCUT2D eigenvalue weighted by molar-refractivity contribution is 5.83. The minimum absolute atomic E-state index is 0.171. The van der Waals surface area contributed by atoms with Crippen molar-refractivity contribution >= 4 is 5.78 Å². The van der Waals surface area contributed by atoms with Crippen molar-refractivity contribution in [3.63, 3.8) is 0 Å². The molecule has 0 aromatic heterocycles. The van der Waals surface area contributed by atoms with Crippen LogP contribution in [-0.4, -0.2) is 45.4 Å². The van der Waals surface area contributed by atoms with Gasteiger partial charge in [0.25, 0.3) is 0 Å². The fourth-order valence-electron chi connectivity index (χ4n) is 2.97. The lowest BCUT2D eigenvalue weighted by molar-refractivity contribution is -0.127. The molecule has 1 atom stereocenters. The number of carbonyl (C=O) groups excluding carboxylic acids is 1. The lowest BCUT2D eigenvalue weighted by Crippen LogP contribution is -2.21. The number of aryl methyl sites for hydroxylation is 2. The summed E-state index contributed by atoms with van der Waals surface area (Å²) in [6.45, 7) is 0. The minimum atomic E-state index is -0.992. The predicted molar refractivity (Wildman–Crippen MR) is 107 cm³/mol. The maximum atomic E-state index is 12.3. The number of hydrogen-bond donors (Lipinski definition) is 1. The molecule has 2 aromatic rings. The number of rotatable bonds is 11. The van der Waals surface area contributed by atoms with E-state index in [4.69, 9.17) is 18.9 Å². The van der Waals surface area contributed by atoms with Gasteiger partial charge in [-0.25, -0.2) is 0 Å². The molecule has 0 radical (unpaired) electrons. The molecule has 0 bridgehead atoms. The van der Waals surface area contributed by atoms with Crippen molar-refractivity contribution in [2.45, 2.75) is 31.8 Å². The highest BCUT2D eigenvalue weighted by Gasteiger charge is 2.16. The second-order valence-electron chi connectivity index (χ2n) is 6.40. The molecule has 0 saturated heterocycles. The van der Waals surface area contributed by atoms with E-state index in [1.807, 2.05) is 36.4 Å². The first-order valence-electron chi connectivity index (χ1n) is 9.15. The van der Waals surface area contributed by atoms with Crippen LogP contribution in [0.3, 0.4) is 0 Å². The van der Waals surface area contributed by atoms with E-state index in [9.17, 15) is 9.90 Å². The summed E-state index contributed by atoms with van der Waals surface area (Å²) in [5, 5.41) is 10.2. The summed E-state index contributed by atoms with van der Waals surface area (Å²) in [7, 11) is 6.31. The number of benzene rings is 2. The summed E-state index contributed by atoms with van der Waals surface area (Å²) in [4.78, 5) is 12.3. The smallest absolute Gasteiger partial charge is 0.161 e. The molecule has 6 nitrogen and oxygen atoms in total. The normalized spacial score (nSPS) is 11.6. The number of carbonyl (C=O) groups is 1. The Morgan fingerprint density at radius 3 is 1.71 bits per heavy atom. The maximum Gasteiger partial charge on any atom is 0.161 e. The number of ketones is 1. The average molecular weight is 388 g/mol. The lowest BCUT2D eigenvalue weighted by atomic mass is 9.99. The van der Waals surface area contributed by atoms with Crippen LogP contribution in [0, 0.1) is 0 Å². The third kappa shape index (κ3) is 5.63. The number of Topliss-reactive ketones (excluding diaryl/α,β-unsaturated/α-hetero) is 1. The van der Waals surface area contributed by atoms with Crippen LogP contribution in [0.4, 0.5) is 0 Å². The number of methoxy groups -OCH3 is 4. The number of hydrogen-bond acceptors (Lipinski definition) is 6. The fraction of sp³-hybridized carbons (Fsp3) is 0.409. The van der Waals surface area contributed by atoms with Gasteiger partial charge >= 0.3 is 0 Å². The summed E-state index contributed by atoms with van der Waals surface area (Å²) in [6, 6.07) is 11.1. The van der Waals surface area contributed by atoms with Gasteiger partial charge in [0.05, 0.1) is 28.4 Å². The van der Waals surface area contributed by atoms with Crippen LogP contribution < -0.4 is 18.9 Å². The van der Waals surface area contributed by atoms with Gasteiger partial charge in [-0.15, -0.1) is 0 Å². The number of aliphatic hydroxyl groups is 1. The fourth-order valence-corrected chi connectivity index (χ4v) is 2.97. The van der Waals surface area contributed by atoms with Gasteiger partial charge in [0.1, 0.15) is 6.10 Å². The van der Waals surface area contributed by atoms with Crippen molar-refractivity contribution in [3.05, 3.63) is 47.5 Å². The van der Waals surface area contributed by atoms with E-state index in [1.54, 1.807) is 28.4 Å². The maximum absolute atomic E-state index is 12.3. The predicted octanol–water partition coefficient (Wildman–Crippen LogP) is 3.22. The molecular formula is C22H28O6. The van der Waals surface area contributed by atoms with Crippen LogP contribution in [0.2, 0.25) is 0 Å². The third-order valence-corrected chi connectivity index (χ3v) is 4.63. The second-order valence-corrected chi connectivity index (χ2v) is 6.40. The van der Waals surface area contributed by atoms with Crippen molar-refractivity contribution in [3.8, 4) is 23.0 Å². The van der Waals surface area contributed by atoms with Gasteiger partial charge in [-0.1, -0.05) is 12.1 Å². The summed E-state index contributed by atoms with van der Waals surface area (Å²) in [5.74, 6) is 2.39. The van der Waals surface area contributed by atoms with Crippen LogP contribution in [0.15, 0.2) is 36.4 Å². The highest BCUT2D eigenvalue weighted by atomic mass is 16.5. The van der Waals surface area contributed by atoms with E-state index in [0.717, 1.165) is 11.1 Å². The van der Waals surface area contributed by atoms with Gasteiger partial charge in [0.15, 0.2) is 28.8 Å². The van der Waals surface area contributed by atoms with Crippen LogP contribution in [0.5, 0.6) is 23.0 Å². The highest BCUT2D eigenvalue weighted by Crippen LogP contribution is 2.29. The van der Waals surface area contributed by atoms with Gasteiger partial charge in [0.2, 0.25) is 0 Å². The Bertz CT molecular complexity index is 787. The van der Waals surface area contributed by atoms with Gasteiger partial charge in [0, 0.05) is 6.42 Å². The van der Waals surface area contributed by atoms with Crippen LogP contribution in [0.25, 0.3) is 0 Å². The molecule has 1 N–H and O–H groups in total. The molecule has 0 aliphatic rings. The standard InChI is InChI=1S/C22H28O6/c1-25-19-11-7-15(13-21(19)27-3)5-9-17(23)18(24)10-6-16-8-12-20(26-2)22(14-16)28-4/h7-8,11-14,17,23H,5-6,9-10H2,1-4H3. The van der Waals surface area contributed by atoms with Crippen LogP contribution in [-0.2, 0) is 17.6 Å². The van der Waals surface area contributed by atoms with Gasteiger partial charge in [-0.3, -0.25) is 4.79 Å². The molecule has 0 saturated carbocycles. The summed E-state index contributed by atoms with van der Waals surface area (Å²) < 4.78 is 21.0. The van der Waals surface area contributed by atoms with Gasteiger partial charge in [-0.2, -0.15) is 0 Å². The first kappa shape index (κ1) is 21.6. The van der Waals surface area contributed by atoms with Crippen LogP contribution in [0.1, 0.15) is 24.0 Å². The lowest BCUT2D eigenvalue weighted by Gasteiger charge is -2.12. The van der Waals surface area contributed by atoms with Crippen molar-refractivity contribution in [1.82, 2.24) is 0 Å². The molecule has 0 heterocycles. The van der Waals surface area contributed by atoms with E-state index in [2.05, 4.69) is 0 Å². The van der Waals surface area contributed by atoms with Crippen molar-refractivity contribution in [2.75, 3.05) is 28.4 Å². The third-order valence-electron chi connectivity index (χ3n) is 4.63. The van der Waals surface area contributed by atoms with Crippen LogP contribution >= 0.6 is 0 Å². The van der Waals surface area contributed by atoms with Crippen molar-refractivity contribution in [2.24, 2.45) is 0 Å². The molecule has 152 valence electrons. The molecule has 0 amide bonds. The minimum Gasteiger partial charge on any atom is -0.493 e. The molecule has 28 heavy (non-hydrogen) atoms. The zero-order chi connectivity index (χ0) is 20.5. The van der Waals surface area contributed by atoms with E-state index in [-0.39, 0.29) is 12.2 Å². The Labute approximate surface area is 166 Å². The average Bonchev–Trinajstić information content (AvgIpc) is 2.74. The van der Waals surface area contributed by atoms with E-state index >= 15 is 0 Å². The Balaban J connectivity index is 1.88. The molecule has 0 fully saturated rings. The molecule has 1 unspecified atom stereocenters. The van der Waals surface area contributed by atoms with E-state index < -0.39 is 6.10 Å². The van der Waals surface area contributed by atoms with Gasteiger partial charge < -0.3 is 24.1 Å². The molecule has 0 spiro atoms. The van der Waals surface area contributed by atoms with E-state index in [0.29, 0.717) is 42.3 Å². The molecule has 0 aliphatic carbocycles. The second kappa shape index (κ2) is 10.6. The SMILES string of the molecule is COc1ccc(CCC(=O)C(O)CCc2ccc(OC)c(OC)c2)cc1OC. The Morgan fingerprint density at radius 1 is 0.786 bits per heavy atom. The largest absolute Gasteiger partial charge is 0.493 e. The topological polar surface area (TPSA) is 74.2 Å². The first-order valence-corrected chi connectivity index (χ1v) is 9.15. The Hall–Kier alpha value is -2.73. The molecule has 2 rings (SSSR count). The van der Waals surface area contributed by atoms with E-state index in [1.165, 1.54) is 0 Å². The quantitative estimate of drug-likeness (QED) is 0.637. The molecular weight excluding hydrogens is 360 g/mol. The molecule has 2 aromatic carbocycles.